The third-order valence-electron chi connectivity index (χ3n) is 6.52. The zero-order chi connectivity index (χ0) is 25.4. The molecule has 182 valence electrons. The van der Waals surface area contributed by atoms with Crippen molar-refractivity contribution in [1.82, 2.24) is 14.8 Å². The Bertz CT molecular complexity index is 1580. The molecule has 0 radical (unpaired) electrons. The van der Waals surface area contributed by atoms with Gasteiger partial charge in [0.2, 0.25) is 0 Å². The number of halogens is 1. The minimum atomic E-state index is 0.519. The minimum absolute atomic E-state index is 0.519. The van der Waals surface area contributed by atoms with Gasteiger partial charge in [-0.1, -0.05) is 41.9 Å². The minimum Gasteiger partial charge on any atom is -0.379 e. The number of hydrogen-bond donors (Lipinski definition) is 2. The van der Waals surface area contributed by atoms with Crippen molar-refractivity contribution in [3.8, 4) is 11.1 Å². The molecule has 36 heavy (non-hydrogen) atoms. The number of hydrogen-bond acceptors (Lipinski definition) is 4. The van der Waals surface area contributed by atoms with E-state index in [1.807, 2.05) is 24.1 Å². The molecule has 5 nitrogen and oxygen atoms in total. The van der Waals surface area contributed by atoms with Crippen molar-refractivity contribution in [1.29, 1.82) is 0 Å². The summed E-state index contributed by atoms with van der Waals surface area (Å²) in [6, 6.07) is 19.1. The van der Waals surface area contributed by atoms with Crippen LogP contribution < -0.4 is 10.6 Å². The Morgan fingerprint density at radius 3 is 2.22 bits per heavy atom. The third-order valence-corrected chi connectivity index (χ3v) is 6.93. The number of nitrogens with one attached hydrogen (secondary N) is 2. The fourth-order valence-corrected chi connectivity index (χ4v) is 4.65. The summed E-state index contributed by atoms with van der Waals surface area (Å²) in [4.78, 5) is 4.97. The summed E-state index contributed by atoms with van der Waals surface area (Å²) in [6.45, 7) is 8.91. The number of rotatable bonds is 6. The van der Waals surface area contributed by atoms with Crippen LogP contribution in [0.15, 0.2) is 67.0 Å². The number of pyridine rings is 1. The molecule has 0 fully saturated rings. The molecule has 0 aliphatic carbocycles. The lowest BCUT2D eigenvalue weighted by atomic mass is 10.0. The van der Waals surface area contributed by atoms with E-state index in [0.717, 1.165) is 50.3 Å². The van der Waals surface area contributed by atoms with Gasteiger partial charge in [-0.05, 0) is 79.8 Å². The molecule has 0 saturated carbocycles. The van der Waals surface area contributed by atoms with Gasteiger partial charge in [-0.15, -0.1) is 0 Å². The number of anilines is 3. The van der Waals surface area contributed by atoms with Gasteiger partial charge in [0.05, 0.1) is 34.7 Å². The van der Waals surface area contributed by atoms with Crippen LogP contribution in [0.4, 0.5) is 17.1 Å². The molecular formula is C30H30ClN5. The van der Waals surface area contributed by atoms with Crippen molar-refractivity contribution < 1.29 is 0 Å². The Labute approximate surface area is 217 Å². The Morgan fingerprint density at radius 1 is 0.833 bits per heavy atom. The lowest BCUT2D eigenvalue weighted by molar-refractivity contribution is 0.768. The molecule has 0 spiro atoms. The molecule has 0 atom stereocenters. The van der Waals surface area contributed by atoms with Gasteiger partial charge in [0.15, 0.2) is 0 Å². The van der Waals surface area contributed by atoms with E-state index in [1.165, 1.54) is 16.7 Å². The summed E-state index contributed by atoms with van der Waals surface area (Å²) < 4.78 is 1.81. The van der Waals surface area contributed by atoms with Crippen molar-refractivity contribution in [2.24, 2.45) is 7.05 Å². The van der Waals surface area contributed by atoms with Crippen LogP contribution in [0.2, 0.25) is 5.02 Å². The average Bonchev–Trinajstić information content (AvgIpc) is 3.30. The van der Waals surface area contributed by atoms with Crippen LogP contribution in [0, 0.1) is 27.7 Å². The topological polar surface area (TPSA) is 54.8 Å². The molecule has 5 aromatic rings. The smallest absolute Gasteiger partial charge is 0.0881 e. The normalized spacial score (nSPS) is 11.2. The summed E-state index contributed by atoms with van der Waals surface area (Å²) >= 11 is 7.09. The molecule has 0 saturated heterocycles. The maximum Gasteiger partial charge on any atom is 0.0881 e. The number of aryl methyl sites for hydroxylation is 5. The standard InChI is InChI=1S/C30H30ClN5/c1-18-6-8-20(3)26(12-18)32-16-28-29(31)30(35-27-13-19(2)7-9-21(27)4)24-14-22(10-11-25(24)34-28)23-15-33-36(5)17-23/h6-15,17,32H,16H2,1-5H3,(H,34,35). The molecule has 0 aliphatic heterocycles. The number of fused-ring (bicyclic) bond motifs is 1. The number of benzene rings is 3. The second-order valence-corrected chi connectivity index (χ2v) is 9.88. The van der Waals surface area contributed by atoms with E-state index in [9.17, 15) is 0 Å². The van der Waals surface area contributed by atoms with Crippen LogP contribution in [0.3, 0.4) is 0 Å². The van der Waals surface area contributed by atoms with Crippen LogP contribution in [0.25, 0.3) is 22.0 Å². The Morgan fingerprint density at radius 2 is 1.53 bits per heavy atom. The van der Waals surface area contributed by atoms with Crippen LogP contribution in [-0.2, 0) is 13.6 Å². The fourth-order valence-electron chi connectivity index (χ4n) is 4.39. The van der Waals surface area contributed by atoms with Crippen molar-refractivity contribution in [2.45, 2.75) is 34.2 Å². The van der Waals surface area contributed by atoms with Crippen LogP contribution in [0.5, 0.6) is 0 Å². The van der Waals surface area contributed by atoms with Crippen molar-refractivity contribution in [3.05, 3.63) is 100.0 Å². The second kappa shape index (κ2) is 9.67. The van der Waals surface area contributed by atoms with Crippen molar-refractivity contribution in [3.63, 3.8) is 0 Å². The molecule has 5 rings (SSSR count). The summed E-state index contributed by atoms with van der Waals surface area (Å²) in [5.41, 5.74) is 11.5. The molecule has 0 aliphatic rings. The molecule has 3 aromatic carbocycles. The predicted molar refractivity (Wildman–Crippen MR) is 151 cm³/mol. The molecule has 2 N–H and O–H groups in total. The van der Waals surface area contributed by atoms with E-state index in [-0.39, 0.29) is 0 Å². The van der Waals surface area contributed by atoms with E-state index in [1.54, 1.807) is 0 Å². The van der Waals surface area contributed by atoms with Gasteiger partial charge in [0.1, 0.15) is 0 Å². The highest BCUT2D eigenvalue weighted by atomic mass is 35.5. The van der Waals surface area contributed by atoms with Gasteiger partial charge in [0, 0.05) is 35.6 Å². The summed E-state index contributed by atoms with van der Waals surface area (Å²) in [7, 11) is 1.92. The number of aromatic nitrogens is 3. The van der Waals surface area contributed by atoms with E-state index in [2.05, 4.69) is 98.0 Å². The first kappa shape index (κ1) is 23.9. The fraction of sp³-hybridized carbons (Fsp3) is 0.200. The Balaban J connectivity index is 1.62. The molecule has 0 bridgehead atoms. The lowest BCUT2D eigenvalue weighted by Gasteiger charge is -2.18. The quantitative estimate of drug-likeness (QED) is 0.251. The molecular weight excluding hydrogens is 466 g/mol. The van der Waals surface area contributed by atoms with E-state index < -0.39 is 0 Å². The van der Waals surface area contributed by atoms with Gasteiger partial charge in [0.25, 0.3) is 0 Å². The SMILES string of the molecule is Cc1ccc(C)c(NCc2nc3ccc(-c4cnn(C)c4)cc3c(Nc3cc(C)ccc3C)c2Cl)c1. The van der Waals surface area contributed by atoms with E-state index in [0.29, 0.717) is 11.6 Å². The molecule has 0 amide bonds. The average molecular weight is 496 g/mol. The van der Waals surface area contributed by atoms with E-state index in [4.69, 9.17) is 16.6 Å². The van der Waals surface area contributed by atoms with Crippen molar-refractivity contribution in [2.75, 3.05) is 10.6 Å². The molecule has 2 heterocycles. The summed E-state index contributed by atoms with van der Waals surface area (Å²) in [5, 5.41) is 13.1. The highest BCUT2D eigenvalue weighted by Gasteiger charge is 2.16. The zero-order valence-electron chi connectivity index (χ0n) is 21.3. The third kappa shape index (κ3) is 4.79. The van der Waals surface area contributed by atoms with E-state index >= 15 is 0 Å². The van der Waals surface area contributed by atoms with Gasteiger partial charge < -0.3 is 10.6 Å². The molecule has 6 heteroatoms. The second-order valence-electron chi connectivity index (χ2n) is 9.50. The Hall–Kier alpha value is -3.83. The van der Waals surface area contributed by atoms with Crippen LogP contribution in [0.1, 0.15) is 27.9 Å². The monoisotopic (exact) mass is 495 g/mol. The predicted octanol–water partition coefficient (Wildman–Crippen LogP) is 7.88. The largest absolute Gasteiger partial charge is 0.379 e. The first-order valence-corrected chi connectivity index (χ1v) is 12.4. The lowest BCUT2D eigenvalue weighted by Crippen LogP contribution is -2.07. The first-order valence-electron chi connectivity index (χ1n) is 12.0. The van der Waals surface area contributed by atoms with Gasteiger partial charge in [-0.2, -0.15) is 5.10 Å². The van der Waals surface area contributed by atoms with Gasteiger partial charge >= 0.3 is 0 Å². The maximum absolute atomic E-state index is 7.09. The first-order chi connectivity index (χ1) is 17.3. The maximum atomic E-state index is 7.09. The van der Waals surface area contributed by atoms with Crippen LogP contribution in [-0.4, -0.2) is 14.8 Å². The van der Waals surface area contributed by atoms with Gasteiger partial charge in [-0.3, -0.25) is 4.68 Å². The molecule has 0 unspecified atom stereocenters. The Kier molecular flexibility index (Phi) is 6.42. The van der Waals surface area contributed by atoms with Gasteiger partial charge in [-0.25, -0.2) is 4.98 Å². The highest BCUT2D eigenvalue weighted by molar-refractivity contribution is 6.35. The number of nitrogens with zero attached hydrogens (tertiary/aromatic N) is 3. The highest BCUT2D eigenvalue weighted by Crippen LogP contribution is 2.38. The van der Waals surface area contributed by atoms with Crippen molar-refractivity contribution >= 4 is 39.6 Å². The van der Waals surface area contributed by atoms with Crippen LogP contribution >= 0.6 is 11.6 Å². The summed E-state index contributed by atoms with van der Waals surface area (Å²) in [5.74, 6) is 0. The molecule has 2 aromatic heterocycles. The zero-order valence-corrected chi connectivity index (χ0v) is 22.0. The summed E-state index contributed by atoms with van der Waals surface area (Å²) in [6.07, 6.45) is 3.88.